The Kier molecular flexibility index (Phi) is 4.93. The van der Waals surface area contributed by atoms with Gasteiger partial charge in [0, 0.05) is 37.6 Å². The Hall–Kier alpha value is -2.34. The number of imidazole rings is 1. The molecule has 138 valence electrons. The maximum absolute atomic E-state index is 12.9. The summed E-state index contributed by atoms with van der Waals surface area (Å²) >= 11 is 0. The average molecular weight is 354 g/mol. The Morgan fingerprint density at radius 3 is 2.85 bits per heavy atom. The first-order valence-electron chi connectivity index (χ1n) is 9.41. The monoisotopic (exact) mass is 354 g/mol. The Labute approximate surface area is 154 Å². The number of amides is 1. The second-order valence-electron chi connectivity index (χ2n) is 7.10. The fourth-order valence-corrected chi connectivity index (χ4v) is 4.07. The molecule has 1 unspecified atom stereocenters. The van der Waals surface area contributed by atoms with Crippen LogP contribution in [0, 0.1) is 0 Å². The summed E-state index contributed by atoms with van der Waals surface area (Å²) in [6, 6.07) is 8.21. The van der Waals surface area contributed by atoms with Crippen molar-refractivity contribution in [3.05, 3.63) is 48.0 Å². The second-order valence-corrected chi connectivity index (χ2v) is 7.10. The molecule has 0 saturated carbocycles. The van der Waals surface area contributed by atoms with E-state index >= 15 is 0 Å². The van der Waals surface area contributed by atoms with Gasteiger partial charge < -0.3 is 14.2 Å². The number of aromatic nitrogens is 2. The fourth-order valence-electron chi connectivity index (χ4n) is 4.07. The Bertz CT molecular complexity index is 767. The first-order chi connectivity index (χ1) is 12.8. The lowest BCUT2D eigenvalue weighted by Gasteiger charge is -2.38. The van der Waals surface area contributed by atoms with Crippen molar-refractivity contribution >= 4 is 5.91 Å². The zero-order chi connectivity index (χ0) is 17.9. The van der Waals surface area contributed by atoms with Crippen LogP contribution in [0.25, 0.3) is 0 Å². The van der Waals surface area contributed by atoms with Crippen molar-refractivity contribution in [2.24, 2.45) is 0 Å². The maximum Gasteiger partial charge on any atom is 0.236 e. The molecule has 1 aromatic carbocycles. The minimum atomic E-state index is 0.0987. The topological polar surface area (TPSA) is 50.6 Å². The van der Waals surface area contributed by atoms with Gasteiger partial charge in [0.1, 0.15) is 11.6 Å². The van der Waals surface area contributed by atoms with Crippen LogP contribution in [0.1, 0.15) is 36.7 Å². The lowest BCUT2D eigenvalue weighted by molar-refractivity contribution is -0.134. The number of carbonyl (C=O) groups excluding carboxylic acids is 1. The lowest BCUT2D eigenvalue weighted by atomic mass is 10.0. The highest BCUT2D eigenvalue weighted by Gasteiger charge is 2.32. The van der Waals surface area contributed by atoms with Crippen molar-refractivity contribution in [1.82, 2.24) is 19.4 Å². The predicted molar refractivity (Wildman–Crippen MR) is 98.8 cm³/mol. The number of fused-ring (bicyclic) bond motifs is 1. The Balaban J connectivity index is 1.60. The molecule has 0 radical (unpaired) electrons. The van der Waals surface area contributed by atoms with Crippen molar-refractivity contribution in [3.8, 4) is 5.75 Å². The molecule has 6 nitrogen and oxygen atoms in total. The molecule has 26 heavy (non-hydrogen) atoms. The maximum atomic E-state index is 12.9. The predicted octanol–water partition coefficient (Wildman–Crippen LogP) is 2.46. The Morgan fingerprint density at radius 1 is 1.23 bits per heavy atom. The zero-order valence-corrected chi connectivity index (χ0v) is 15.3. The second kappa shape index (κ2) is 7.50. The van der Waals surface area contributed by atoms with Gasteiger partial charge in [-0.15, -0.1) is 0 Å². The van der Waals surface area contributed by atoms with Crippen LogP contribution in [0.2, 0.25) is 0 Å². The third kappa shape index (κ3) is 3.33. The summed E-state index contributed by atoms with van der Waals surface area (Å²) in [5, 5.41) is 0. The molecule has 1 aromatic heterocycles. The number of para-hydroxylation sites is 1. The zero-order valence-electron chi connectivity index (χ0n) is 15.3. The number of benzene rings is 1. The smallest absolute Gasteiger partial charge is 0.236 e. The molecule has 2 aromatic rings. The molecule has 0 N–H and O–H groups in total. The quantitative estimate of drug-likeness (QED) is 0.846. The normalized spacial score (nSPS) is 20.7. The van der Waals surface area contributed by atoms with E-state index in [0.717, 1.165) is 49.6 Å². The number of nitrogens with zero attached hydrogens (tertiary/aromatic N) is 4. The Morgan fingerprint density at radius 2 is 2.04 bits per heavy atom. The molecule has 0 spiro atoms. The lowest BCUT2D eigenvalue weighted by Crippen LogP contribution is -2.46. The van der Waals surface area contributed by atoms with Gasteiger partial charge in [-0.1, -0.05) is 18.2 Å². The number of methoxy groups -OCH3 is 1. The van der Waals surface area contributed by atoms with Gasteiger partial charge in [-0.25, -0.2) is 4.98 Å². The largest absolute Gasteiger partial charge is 0.496 e. The van der Waals surface area contributed by atoms with Crippen molar-refractivity contribution in [2.45, 2.75) is 38.4 Å². The van der Waals surface area contributed by atoms with Gasteiger partial charge in [0.2, 0.25) is 5.91 Å². The average Bonchev–Trinajstić information content (AvgIpc) is 3.15. The molecule has 1 fully saturated rings. The summed E-state index contributed by atoms with van der Waals surface area (Å²) in [5.41, 5.74) is 1.13. The first kappa shape index (κ1) is 17.1. The van der Waals surface area contributed by atoms with Crippen LogP contribution >= 0.6 is 0 Å². The molecule has 6 heteroatoms. The van der Waals surface area contributed by atoms with Gasteiger partial charge in [-0.3, -0.25) is 9.69 Å². The first-order valence-corrected chi connectivity index (χ1v) is 9.41. The molecule has 2 aliphatic rings. The van der Waals surface area contributed by atoms with Crippen LogP contribution < -0.4 is 4.74 Å². The van der Waals surface area contributed by atoms with Crippen LogP contribution in [0.3, 0.4) is 0 Å². The van der Waals surface area contributed by atoms with E-state index in [1.807, 2.05) is 35.5 Å². The SMILES string of the molecule is COc1ccccc1C1Cn2ccnc2CN1CC(=O)N1CCCCC1. The molecular formula is C20H26N4O2. The molecule has 4 rings (SSSR count). The summed E-state index contributed by atoms with van der Waals surface area (Å²) < 4.78 is 7.77. The van der Waals surface area contributed by atoms with E-state index in [9.17, 15) is 4.79 Å². The molecule has 3 heterocycles. The van der Waals surface area contributed by atoms with E-state index in [-0.39, 0.29) is 11.9 Å². The van der Waals surface area contributed by atoms with E-state index in [2.05, 4.69) is 20.5 Å². The fraction of sp³-hybridized carbons (Fsp3) is 0.500. The highest BCUT2D eigenvalue weighted by molar-refractivity contribution is 5.78. The van der Waals surface area contributed by atoms with E-state index in [1.165, 1.54) is 6.42 Å². The summed E-state index contributed by atoms with van der Waals surface area (Å²) in [6.45, 7) is 3.66. The van der Waals surface area contributed by atoms with Crippen molar-refractivity contribution in [2.75, 3.05) is 26.7 Å². The van der Waals surface area contributed by atoms with E-state index in [1.54, 1.807) is 7.11 Å². The van der Waals surface area contributed by atoms with E-state index in [0.29, 0.717) is 13.1 Å². The minimum absolute atomic E-state index is 0.0987. The molecule has 0 aliphatic carbocycles. The van der Waals surface area contributed by atoms with E-state index < -0.39 is 0 Å². The van der Waals surface area contributed by atoms with Crippen LogP contribution in [0.15, 0.2) is 36.7 Å². The highest BCUT2D eigenvalue weighted by atomic mass is 16.5. The molecule has 0 bridgehead atoms. The molecule has 1 atom stereocenters. The van der Waals surface area contributed by atoms with Gasteiger partial charge >= 0.3 is 0 Å². The number of hydrogen-bond donors (Lipinski definition) is 0. The summed E-state index contributed by atoms with van der Waals surface area (Å²) in [6.07, 6.45) is 7.32. The number of hydrogen-bond acceptors (Lipinski definition) is 4. The van der Waals surface area contributed by atoms with Crippen LogP contribution in [-0.2, 0) is 17.9 Å². The van der Waals surface area contributed by atoms with Gasteiger partial charge in [-0.05, 0) is 25.3 Å². The van der Waals surface area contributed by atoms with Crippen LogP contribution in [0.5, 0.6) is 5.75 Å². The molecule has 1 saturated heterocycles. The van der Waals surface area contributed by atoms with Crippen molar-refractivity contribution in [1.29, 1.82) is 0 Å². The van der Waals surface area contributed by atoms with Gasteiger partial charge in [0.15, 0.2) is 0 Å². The van der Waals surface area contributed by atoms with Crippen molar-refractivity contribution < 1.29 is 9.53 Å². The number of ether oxygens (including phenoxy) is 1. The summed E-state index contributed by atoms with van der Waals surface area (Å²) in [4.78, 5) is 21.6. The number of likely N-dealkylation sites (tertiary alicyclic amines) is 1. The van der Waals surface area contributed by atoms with Crippen molar-refractivity contribution in [3.63, 3.8) is 0 Å². The number of rotatable bonds is 4. The minimum Gasteiger partial charge on any atom is -0.496 e. The number of carbonyl (C=O) groups is 1. The van der Waals surface area contributed by atoms with Crippen LogP contribution in [-0.4, -0.2) is 52.0 Å². The standard InChI is InChI=1S/C20H26N4O2/c1-26-18-8-4-3-7-16(18)17-13-23-12-9-21-19(23)14-24(17)15-20(25)22-10-5-2-6-11-22/h3-4,7-9,12,17H,2,5-6,10-11,13-15H2,1H3. The third-order valence-corrected chi connectivity index (χ3v) is 5.50. The van der Waals surface area contributed by atoms with Gasteiger partial charge in [0.25, 0.3) is 0 Å². The summed E-state index contributed by atoms with van der Waals surface area (Å²) in [7, 11) is 1.70. The highest BCUT2D eigenvalue weighted by Crippen LogP contribution is 2.34. The van der Waals surface area contributed by atoms with Gasteiger partial charge in [0.05, 0.1) is 26.2 Å². The third-order valence-electron chi connectivity index (χ3n) is 5.50. The number of piperidine rings is 1. The van der Waals surface area contributed by atoms with E-state index in [4.69, 9.17) is 4.74 Å². The molecule has 1 amide bonds. The summed E-state index contributed by atoms with van der Waals surface area (Å²) in [5.74, 6) is 2.11. The van der Waals surface area contributed by atoms with Crippen LogP contribution in [0.4, 0.5) is 0 Å². The molecule has 2 aliphatic heterocycles. The molecular weight excluding hydrogens is 328 g/mol. The van der Waals surface area contributed by atoms with Gasteiger partial charge in [-0.2, -0.15) is 0 Å².